The minimum atomic E-state index is -2.47. The molecule has 0 saturated heterocycles. The highest BCUT2D eigenvalue weighted by Gasteiger charge is 2.52. The summed E-state index contributed by atoms with van der Waals surface area (Å²) in [6.45, 7) is 18.6. The average molecular weight is 1190 g/mol. The standard InChI is InChI=1S/C37H56O3Si.C36H54O3Si.CH4O.CH4/c1-33(40-41(37(2,3)4,34-28-22-19-23-29-34)35-30-24-20-25-31-35)27-21-17-15-13-11-9-7-6-8-10-12-14-16-18-26-32-36(38)39-5;1-32(26-20-16-14-12-10-8-6-5-7-9-11-13-15-17-25-31-35(37)38)39-40(36(2,3)4,33-27-21-18-22-28-33)34-29-23-19-24-30-34;1-2;/h13-16,19-20,22-25,28-31,33H,6-12,17-18,21,26-27,32H2,1-5H3;12-15,18-19,21-24,27-30,32H,5-11,16-17,20,25-26,31H2,1-4H3,(H,37,38);2H,1H3;1H4/b15-13-,16-14-;14-12-,15-13-;;/t33-;32-;;/m00../s1. The molecule has 0 aliphatic rings. The fourth-order valence-corrected chi connectivity index (χ4v) is 20.5. The third-order valence-electron chi connectivity index (χ3n) is 15.4. The lowest BCUT2D eigenvalue weighted by atomic mass is 10.1. The van der Waals surface area contributed by atoms with Crippen molar-refractivity contribution in [2.75, 3.05) is 14.2 Å². The summed E-state index contributed by atoms with van der Waals surface area (Å²) in [6, 6.07) is 43.8. The monoisotopic (exact) mass is 1190 g/mol. The summed E-state index contributed by atoms with van der Waals surface area (Å²) in [5.41, 5.74) is 0. The number of aliphatic hydroxyl groups is 1. The highest BCUT2D eigenvalue weighted by atomic mass is 28.4. The van der Waals surface area contributed by atoms with Crippen molar-refractivity contribution in [2.45, 2.75) is 252 Å². The topological polar surface area (TPSA) is 102 Å². The molecule has 0 bridgehead atoms. The van der Waals surface area contributed by atoms with Gasteiger partial charge in [0.25, 0.3) is 16.6 Å². The number of hydrogen-bond donors (Lipinski definition) is 2. The van der Waals surface area contributed by atoms with E-state index in [2.05, 4.69) is 230 Å². The smallest absolute Gasteiger partial charge is 0.305 e. The maximum atomic E-state index is 11.1. The van der Waals surface area contributed by atoms with Crippen molar-refractivity contribution in [1.29, 1.82) is 0 Å². The van der Waals surface area contributed by atoms with Gasteiger partial charge in [0, 0.05) is 32.2 Å². The molecule has 468 valence electrons. The zero-order chi connectivity index (χ0) is 60.9. The molecule has 0 heterocycles. The minimum Gasteiger partial charge on any atom is -0.481 e. The Morgan fingerprint density at radius 3 is 0.893 bits per heavy atom. The molecule has 9 heteroatoms. The Morgan fingerprint density at radius 1 is 0.405 bits per heavy atom. The van der Waals surface area contributed by atoms with Gasteiger partial charge in [-0.1, -0.05) is 257 Å². The summed E-state index contributed by atoms with van der Waals surface area (Å²) in [5, 5.41) is 21.1. The zero-order valence-electron chi connectivity index (χ0n) is 53.6. The van der Waals surface area contributed by atoms with Crippen molar-refractivity contribution >= 4 is 49.3 Å². The van der Waals surface area contributed by atoms with Crippen LogP contribution in [0, 0.1) is 0 Å². The number of methoxy groups -OCH3 is 1. The van der Waals surface area contributed by atoms with Crippen LogP contribution in [0.5, 0.6) is 0 Å². The first-order valence-corrected chi connectivity index (χ1v) is 35.8. The molecule has 2 N–H and O–H groups in total. The van der Waals surface area contributed by atoms with Crippen LogP contribution in [0.15, 0.2) is 170 Å². The van der Waals surface area contributed by atoms with Crippen molar-refractivity contribution < 1.29 is 33.4 Å². The van der Waals surface area contributed by atoms with Gasteiger partial charge >= 0.3 is 11.9 Å². The number of carbonyl (C=O) groups excluding carboxylic acids is 1. The van der Waals surface area contributed by atoms with Gasteiger partial charge in [-0.3, -0.25) is 9.59 Å². The number of carboxylic acid groups (broad SMARTS) is 1. The van der Waals surface area contributed by atoms with E-state index in [1.54, 1.807) is 0 Å². The van der Waals surface area contributed by atoms with E-state index in [0.29, 0.717) is 6.42 Å². The van der Waals surface area contributed by atoms with Crippen molar-refractivity contribution in [1.82, 2.24) is 0 Å². The molecule has 0 aliphatic carbocycles. The van der Waals surface area contributed by atoms with E-state index in [0.717, 1.165) is 84.2 Å². The number of allylic oxidation sites excluding steroid dienone is 8. The predicted molar refractivity (Wildman–Crippen MR) is 367 cm³/mol. The van der Waals surface area contributed by atoms with Gasteiger partial charge in [0.05, 0.1) is 7.11 Å². The first-order chi connectivity index (χ1) is 40.1. The van der Waals surface area contributed by atoms with E-state index in [1.165, 1.54) is 105 Å². The zero-order valence-corrected chi connectivity index (χ0v) is 55.6. The lowest BCUT2D eigenvalue weighted by Crippen LogP contribution is -2.67. The number of aliphatic carboxylic acids is 1. The first kappa shape index (κ1) is 77.1. The van der Waals surface area contributed by atoms with Gasteiger partial charge in [-0.15, -0.1) is 0 Å². The Hall–Kier alpha value is -4.91. The SMILES string of the molecule is C.CO.COC(=O)CCC/C=C\CCCCCCC/C=C\CCC[C@H](C)O[Si](c1ccccc1)(c1ccccc1)C(C)(C)C.C[C@@H](CCC/C=C\CCCCCCC/C=C\CCCC(=O)O)O[Si](c1ccccc1)(c1ccccc1)C(C)(C)C. The third-order valence-corrected chi connectivity index (χ3v) is 25.8. The van der Waals surface area contributed by atoms with E-state index in [-0.39, 0.29) is 42.1 Å². The maximum Gasteiger partial charge on any atom is 0.305 e. The van der Waals surface area contributed by atoms with Crippen molar-refractivity contribution in [3.05, 3.63) is 170 Å². The molecule has 7 nitrogen and oxygen atoms in total. The molecule has 0 spiro atoms. The van der Waals surface area contributed by atoms with Gasteiger partial charge in [0.2, 0.25) is 0 Å². The fourth-order valence-electron chi connectivity index (χ4n) is 11.0. The van der Waals surface area contributed by atoms with Crippen LogP contribution in [-0.4, -0.2) is 65.2 Å². The van der Waals surface area contributed by atoms with Crippen LogP contribution < -0.4 is 20.7 Å². The van der Waals surface area contributed by atoms with Gasteiger partial charge in [-0.2, -0.15) is 0 Å². The van der Waals surface area contributed by atoms with Gasteiger partial charge in [0.1, 0.15) is 0 Å². The van der Waals surface area contributed by atoms with Gasteiger partial charge in [-0.25, -0.2) is 0 Å². The molecular formula is C75H118O7Si2. The van der Waals surface area contributed by atoms with Gasteiger partial charge in [0.15, 0.2) is 0 Å². The molecule has 0 radical (unpaired) electrons. The Labute approximate surface area is 516 Å². The number of carbonyl (C=O) groups is 2. The van der Waals surface area contributed by atoms with Crippen LogP contribution >= 0.6 is 0 Å². The quantitative estimate of drug-likeness (QED) is 0.0198. The maximum absolute atomic E-state index is 11.1. The fraction of sp³-hybridized carbons (Fsp3) is 0.547. The molecule has 0 fully saturated rings. The number of hydrogen-bond acceptors (Lipinski definition) is 6. The number of esters is 1. The van der Waals surface area contributed by atoms with Gasteiger partial charge in [-0.05, 0) is 160 Å². The van der Waals surface area contributed by atoms with E-state index in [1.807, 2.05) is 0 Å². The van der Waals surface area contributed by atoms with Crippen LogP contribution in [-0.2, 0) is 23.2 Å². The highest BCUT2D eigenvalue weighted by molar-refractivity contribution is 7.00. The number of rotatable bonds is 40. The van der Waals surface area contributed by atoms with E-state index in [4.69, 9.17) is 19.1 Å². The van der Waals surface area contributed by atoms with Gasteiger partial charge < -0.3 is 23.8 Å². The van der Waals surface area contributed by atoms with Crippen LogP contribution in [0.25, 0.3) is 0 Å². The predicted octanol–water partition coefficient (Wildman–Crippen LogP) is 18.8. The Bertz CT molecular complexity index is 2260. The molecule has 0 saturated carbocycles. The second-order valence-electron chi connectivity index (χ2n) is 24.4. The van der Waals surface area contributed by atoms with Crippen LogP contribution in [0.3, 0.4) is 0 Å². The summed E-state index contributed by atoms with van der Waals surface area (Å²) in [6.07, 6.45) is 47.2. The molecule has 2 atom stereocenters. The molecule has 0 unspecified atom stereocenters. The summed E-state index contributed by atoms with van der Waals surface area (Å²) in [5.74, 6) is -0.811. The molecule has 84 heavy (non-hydrogen) atoms. The number of unbranched alkanes of at least 4 members (excludes halogenated alkanes) is 16. The lowest BCUT2D eigenvalue weighted by Gasteiger charge is -2.44. The highest BCUT2D eigenvalue weighted by Crippen LogP contribution is 2.39. The average Bonchev–Trinajstić information content (AvgIpc) is 1.04. The van der Waals surface area contributed by atoms with Crippen LogP contribution in [0.2, 0.25) is 10.1 Å². The summed E-state index contributed by atoms with van der Waals surface area (Å²) in [4.78, 5) is 21.6. The molecule has 4 aromatic carbocycles. The summed E-state index contributed by atoms with van der Waals surface area (Å²) in [7, 11) is -2.48. The molecule has 0 aromatic heterocycles. The first-order valence-electron chi connectivity index (χ1n) is 32.0. The third kappa shape index (κ3) is 30.4. The second-order valence-corrected chi connectivity index (χ2v) is 32.9. The number of benzene rings is 4. The summed E-state index contributed by atoms with van der Waals surface area (Å²) < 4.78 is 19.1. The van der Waals surface area contributed by atoms with E-state index in [9.17, 15) is 9.59 Å². The Morgan fingerprint density at radius 2 is 0.643 bits per heavy atom. The number of carboxylic acids is 1. The Kier molecular flexibility index (Phi) is 42.5. The van der Waals surface area contributed by atoms with E-state index < -0.39 is 22.6 Å². The number of ether oxygens (including phenoxy) is 1. The largest absolute Gasteiger partial charge is 0.481 e. The van der Waals surface area contributed by atoms with Crippen LogP contribution in [0.1, 0.15) is 230 Å². The molecule has 4 aromatic rings. The van der Waals surface area contributed by atoms with Crippen LogP contribution in [0.4, 0.5) is 0 Å². The van der Waals surface area contributed by atoms with Crippen molar-refractivity contribution in [3.63, 3.8) is 0 Å². The molecular weight excluding hydrogens is 1070 g/mol. The lowest BCUT2D eigenvalue weighted by molar-refractivity contribution is -0.140. The Balaban J connectivity index is 0.000000807. The molecule has 0 aliphatic heterocycles. The van der Waals surface area contributed by atoms with E-state index >= 15 is 0 Å². The van der Waals surface area contributed by atoms with Crippen molar-refractivity contribution in [3.8, 4) is 0 Å². The minimum absolute atomic E-state index is 0. The molecule has 4 rings (SSSR count). The normalized spacial score (nSPS) is 12.8. The van der Waals surface area contributed by atoms with Crippen molar-refractivity contribution in [2.24, 2.45) is 0 Å². The molecule has 0 amide bonds. The summed E-state index contributed by atoms with van der Waals surface area (Å²) >= 11 is 0. The second kappa shape index (κ2) is 46.3. The number of aliphatic hydroxyl groups excluding tert-OH is 1.